The van der Waals surface area contributed by atoms with Crippen molar-refractivity contribution in [2.75, 3.05) is 20.8 Å². The minimum Gasteiger partial charge on any atom is -0.496 e. The largest absolute Gasteiger partial charge is 0.496 e. The van der Waals surface area contributed by atoms with Crippen molar-refractivity contribution in [1.82, 2.24) is 5.32 Å². The topological polar surface area (TPSA) is 30.5 Å². The van der Waals surface area contributed by atoms with Crippen LogP contribution in [0.5, 0.6) is 5.75 Å². The van der Waals surface area contributed by atoms with E-state index in [9.17, 15) is 0 Å². The molecule has 3 heteroatoms. The van der Waals surface area contributed by atoms with Gasteiger partial charge < -0.3 is 14.8 Å². The molecule has 0 aromatic heterocycles. The van der Waals surface area contributed by atoms with Gasteiger partial charge in [-0.25, -0.2) is 0 Å². The Morgan fingerprint density at radius 1 is 1.29 bits per heavy atom. The van der Waals surface area contributed by atoms with E-state index in [0.29, 0.717) is 12.1 Å². The average Bonchev–Trinajstić information content (AvgIpc) is 2.44. The molecule has 0 radical (unpaired) electrons. The van der Waals surface area contributed by atoms with Gasteiger partial charge in [0.25, 0.3) is 0 Å². The summed E-state index contributed by atoms with van der Waals surface area (Å²) < 4.78 is 11.3. The summed E-state index contributed by atoms with van der Waals surface area (Å²) in [5.41, 5.74) is 3.81. The number of ether oxygens (including phenoxy) is 2. The normalized spacial score (nSPS) is 22.7. The monoisotopic (exact) mass is 291 g/mol. The van der Waals surface area contributed by atoms with E-state index in [1.807, 2.05) is 7.05 Å². The Balaban J connectivity index is 2.06. The number of nitrogens with one attached hydrogen (secondary N) is 1. The van der Waals surface area contributed by atoms with Gasteiger partial charge in [0.15, 0.2) is 0 Å². The van der Waals surface area contributed by atoms with Gasteiger partial charge in [0.1, 0.15) is 5.75 Å². The first-order valence-corrected chi connectivity index (χ1v) is 8.03. The fourth-order valence-corrected chi connectivity index (χ4v) is 3.33. The van der Waals surface area contributed by atoms with Crippen molar-refractivity contribution < 1.29 is 9.47 Å². The van der Waals surface area contributed by atoms with Gasteiger partial charge in [-0.3, -0.25) is 0 Å². The molecule has 1 saturated carbocycles. The fraction of sp³-hybridized carbons (Fsp3) is 0.667. The van der Waals surface area contributed by atoms with Crippen LogP contribution in [0.15, 0.2) is 12.1 Å². The minimum absolute atomic E-state index is 0.354. The predicted molar refractivity (Wildman–Crippen MR) is 87.0 cm³/mol. The number of hydrogen-bond donors (Lipinski definition) is 1. The standard InChI is InChI=1S/C18H29NO2/c1-6-21-15-9-14(10-15)11-17(19-4)16-8-7-12(2)13(3)18(16)20-5/h7-8,14-15,17,19H,6,9-11H2,1-5H3. The highest BCUT2D eigenvalue weighted by atomic mass is 16.5. The van der Waals surface area contributed by atoms with Crippen LogP contribution in [0.25, 0.3) is 0 Å². The average molecular weight is 291 g/mol. The molecule has 2 rings (SSSR count). The van der Waals surface area contributed by atoms with Crippen molar-refractivity contribution in [3.05, 3.63) is 28.8 Å². The summed E-state index contributed by atoms with van der Waals surface area (Å²) >= 11 is 0. The Labute approximate surface area is 129 Å². The smallest absolute Gasteiger partial charge is 0.126 e. The van der Waals surface area contributed by atoms with E-state index in [4.69, 9.17) is 9.47 Å². The number of hydrogen-bond acceptors (Lipinski definition) is 3. The quantitative estimate of drug-likeness (QED) is 0.829. The van der Waals surface area contributed by atoms with Crippen LogP contribution < -0.4 is 10.1 Å². The maximum Gasteiger partial charge on any atom is 0.126 e. The maximum atomic E-state index is 5.67. The number of benzene rings is 1. The van der Waals surface area contributed by atoms with Crippen molar-refractivity contribution in [3.8, 4) is 5.75 Å². The van der Waals surface area contributed by atoms with Crippen LogP contribution in [-0.4, -0.2) is 26.9 Å². The van der Waals surface area contributed by atoms with E-state index in [2.05, 4.69) is 38.2 Å². The summed E-state index contributed by atoms with van der Waals surface area (Å²) in [6, 6.07) is 4.76. The summed E-state index contributed by atoms with van der Waals surface area (Å²) in [4.78, 5) is 0. The summed E-state index contributed by atoms with van der Waals surface area (Å²) in [5.74, 6) is 1.79. The minimum atomic E-state index is 0.354. The van der Waals surface area contributed by atoms with Gasteiger partial charge in [0.2, 0.25) is 0 Å². The molecule has 0 aliphatic heterocycles. The Morgan fingerprint density at radius 2 is 2.00 bits per heavy atom. The lowest BCUT2D eigenvalue weighted by molar-refractivity contribution is -0.0290. The zero-order valence-corrected chi connectivity index (χ0v) is 14.0. The van der Waals surface area contributed by atoms with Gasteiger partial charge in [0.05, 0.1) is 13.2 Å². The number of rotatable bonds is 7. The van der Waals surface area contributed by atoms with Crippen molar-refractivity contribution >= 4 is 0 Å². The first-order valence-electron chi connectivity index (χ1n) is 8.03. The van der Waals surface area contributed by atoms with Gasteiger partial charge in [-0.2, -0.15) is 0 Å². The van der Waals surface area contributed by atoms with E-state index in [0.717, 1.165) is 24.7 Å². The first kappa shape index (κ1) is 16.3. The molecule has 0 heterocycles. The van der Waals surface area contributed by atoms with Crippen LogP contribution >= 0.6 is 0 Å². The Kier molecular flexibility index (Phi) is 5.65. The Hall–Kier alpha value is -1.06. The van der Waals surface area contributed by atoms with Crippen molar-refractivity contribution in [1.29, 1.82) is 0 Å². The third-order valence-electron chi connectivity index (χ3n) is 4.80. The highest BCUT2D eigenvalue weighted by molar-refractivity contribution is 5.46. The van der Waals surface area contributed by atoms with E-state index < -0.39 is 0 Å². The first-order chi connectivity index (χ1) is 10.1. The van der Waals surface area contributed by atoms with E-state index in [-0.39, 0.29) is 0 Å². The molecular formula is C18H29NO2. The molecule has 21 heavy (non-hydrogen) atoms. The molecule has 1 aliphatic rings. The molecule has 3 nitrogen and oxygen atoms in total. The maximum absolute atomic E-state index is 5.67. The molecule has 1 fully saturated rings. The van der Waals surface area contributed by atoms with E-state index >= 15 is 0 Å². The lowest BCUT2D eigenvalue weighted by atomic mass is 9.77. The van der Waals surface area contributed by atoms with Gasteiger partial charge in [0, 0.05) is 18.2 Å². The van der Waals surface area contributed by atoms with Crippen molar-refractivity contribution in [2.24, 2.45) is 5.92 Å². The lowest BCUT2D eigenvalue weighted by Gasteiger charge is -2.37. The number of methoxy groups -OCH3 is 1. The molecule has 1 atom stereocenters. The molecule has 1 aliphatic carbocycles. The molecule has 1 N–H and O–H groups in total. The zero-order chi connectivity index (χ0) is 15.4. The Bertz CT molecular complexity index is 467. The van der Waals surface area contributed by atoms with Crippen LogP contribution in [-0.2, 0) is 4.74 Å². The van der Waals surface area contributed by atoms with Crippen LogP contribution in [0.4, 0.5) is 0 Å². The van der Waals surface area contributed by atoms with Gasteiger partial charge in [-0.05, 0) is 64.1 Å². The summed E-state index contributed by atoms with van der Waals surface area (Å²) in [6.07, 6.45) is 4.02. The summed E-state index contributed by atoms with van der Waals surface area (Å²) in [5, 5.41) is 3.46. The highest BCUT2D eigenvalue weighted by Gasteiger charge is 2.32. The van der Waals surface area contributed by atoms with Crippen LogP contribution in [0, 0.1) is 19.8 Å². The molecular weight excluding hydrogens is 262 g/mol. The summed E-state index contributed by atoms with van der Waals surface area (Å²) in [6.45, 7) is 7.18. The molecule has 0 bridgehead atoms. The second-order valence-electron chi connectivity index (χ2n) is 6.12. The highest BCUT2D eigenvalue weighted by Crippen LogP contribution is 2.39. The zero-order valence-electron chi connectivity index (χ0n) is 14.0. The van der Waals surface area contributed by atoms with E-state index in [1.54, 1.807) is 7.11 Å². The third kappa shape index (κ3) is 3.58. The molecule has 0 spiro atoms. The Morgan fingerprint density at radius 3 is 2.57 bits per heavy atom. The predicted octanol–water partition coefficient (Wildman–Crippen LogP) is 3.78. The molecule has 0 amide bonds. The lowest BCUT2D eigenvalue weighted by Crippen LogP contribution is -2.34. The van der Waals surface area contributed by atoms with Crippen LogP contribution in [0.1, 0.15) is 48.9 Å². The number of aryl methyl sites for hydroxylation is 1. The van der Waals surface area contributed by atoms with Gasteiger partial charge in [-0.1, -0.05) is 12.1 Å². The van der Waals surface area contributed by atoms with Crippen molar-refractivity contribution in [2.45, 2.75) is 52.2 Å². The van der Waals surface area contributed by atoms with Gasteiger partial charge in [-0.15, -0.1) is 0 Å². The van der Waals surface area contributed by atoms with Crippen LogP contribution in [0.2, 0.25) is 0 Å². The molecule has 118 valence electrons. The van der Waals surface area contributed by atoms with Crippen molar-refractivity contribution in [3.63, 3.8) is 0 Å². The SMILES string of the molecule is CCOC1CC(CC(NC)c2ccc(C)c(C)c2OC)C1. The van der Waals surface area contributed by atoms with Crippen LogP contribution in [0.3, 0.4) is 0 Å². The molecule has 0 saturated heterocycles. The molecule has 1 unspecified atom stereocenters. The third-order valence-corrected chi connectivity index (χ3v) is 4.80. The second kappa shape index (κ2) is 7.28. The molecule has 1 aromatic carbocycles. The second-order valence-corrected chi connectivity index (χ2v) is 6.12. The summed E-state index contributed by atoms with van der Waals surface area (Å²) in [7, 11) is 3.81. The molecule has 1 aromatic rings. The fourth-order valence-electron chi connectivity index (χ4n) is 3.33. The van der Waals surface area contributed by atoms with E-state index in [1.165, 1.54) is 29.5 Å². The van der Waals surface area contributed by atoms with Gasteiger partial charge >= 0.3 is 0 Å².